The zero-order valence-electron chi connectivity index (χ0n) is 16.2. The molecule has 0 aromatic heterocycles. The van der Waals surface area contributed by atoms with Crippen LogP contribution < -0.4 is 5.32 Å². The van der Waals surface area contributed by atoms with E-state index in [1.165, 1.54) is 44.1 Å². The molecule has 0 aliphatic heterocycles. The van der Waals surface area contributed by atoms with E-state index in [1.807, 2.05) is 11.0 Å². The Morgan fingerprint density at radius 1 is 0.917 bits per heavy atom. The topological polar surface area (TPSA) is 32.3 Å². The van der Waals surface area contributed by atoms with Crippen LogP contribution in [0.4, 0.5) is 10.5 Å². The lowest BCUT2D eigenvalue weighted by atomic mass is 10.1. The Balaban J connectivity index is 2.59. The number of unbranched alkanes of at least 4 members (excludes halogenated alkanes) is 6. The highest BCUT2D eigenvalue weighted by molar-refractivity contribution is 5.90. The van der Waals surface area contributed by atoms with Crippen molar-refractivity contribution in [3.8, 4) is 0 Å². The minimum absolute atomic E-state index is 0.0509. The fourth-order valence-electron chi connectivity index (χ4n) is 2.92. The number of nitrogens with one attached hydrogen (secondary N) is 1. The summed E-state index contributed by atoms with van der Waals surface area (Å²) in [5.41, 5.74) is 3.28. The quantitative estimate of drug-likeness (QED) is 0.474. The smallest absolute Gasteiger partial charge is 0.321 e. The Labute approximate surface area is 148 Å². The van der Waals surface area contributed by atoms with Gasteiger partial charge in [0.25, 0.3) is 0 Å². The minimum atomic E-state index is 0.0509. The molecule has 1 rings (SSSR count). The summed E-state index contributed by atoms with van der Waals surface area (Å²) in [7, 11) is 0. The van der Waals surface area contributed by atoms with Gasteiger partial charge in [-0.05, 0) is 38.3 Å². The lowest BCUT2D eigenvalue weighted by Gasteiger charge is -2.24. The molecule has 0 saturated heterocycles. The number of anilines is 1. The van der Waals surface area contributed by atoms with Gasteiger partial charge in [0.05, 0.1) is 0 Å². The van der Waals surface area contributed by atoms with Crippen LogP contribution in [-0.4, -0.2) is 24.0 Å². The van der Waals surface area contributed by atoms with Crippen LogP contribution in [0.3, 0.4) is 0 Å². The molecule has 3 heteroatoms. The molecule has 0 spiro atoms. The number of hydrogen-bond donors (Lipinski definition) is 1. The summed E-state index contributed by atoms with van der Waals surface area (Å²) in [5.74, 6) is 0. The van der Waals surface area contributed by atoms with E-state index < -0.39 is 0 Å². The SMILES string of the molecule is CCCCCCN(CCCCCC)C(=O)Nc1ccc(C)cc1C. The molecule has 0 saturated carbocycles. The second kappa shape index (κ2) is 11.9. The Kier molecular flexibility index (Phi) is 10.2. The molecule has 0 radical (unpaired) electrons. The van der Waals surface area contributed by atoms with Gasteiger partial charge in [-0.3, -0.25) is 0 Å². The summed E-state index contributed by atoms with van der Waals surface area (Å²) >= 11 is 0. The molecule has 1 aromatic rings. The molecule has 2 amide bonds. The fraction of sp³-hybridized carbons (Fsp3) is 0.667. The lowest BCUT2D eigenvalue weighted by Crippen LogP contribution is -2.36. The number of hydrogen-bond acceptors (Lipinski definition) is 1. The third kappa shape index (κ3) is 7.85. The van der Waals surface area contributed by atoms with Crippen molar-refractivity contribution in [3.63, 3.8) is 0 Å². The highest BCUT2D eigenvalue weighted by atomic mass is 16.2. The van der Waals surface area contributed by atoms with E-state index in [-0.39, 0.29) is 6.03 Å². The molecular formula is C21H36N2O. The molecule has 0 bridgehead atoms. The van der Waals surface area contributed by atoms with Crippen molar-refractivity contribution in [2.24, 2.45) is 0 Å². The number of nitrogens with zero attached hydrogens (tertiary/aromatic N) is 1. The maximum Gasteiger partial charge on any atom is 0.321 e. The first-order valence-corrected chi connectivity index (χ1v) is 9.71. The molecule has 0 aliphatic rings. The lowest BCUT2D eigenvalue weighted by molar-refractivity contribution is 0.209. The minimum Gasteiger partial charge on any atom is -0.325 e. The highest BCUT2D eigenvalue weighted by Crippen LogP contribution is 2.17. The maximum absolute atomic E-state index is 12.7. The predicted octanol–water partition coefficient (Wildman–Crippen LogP) is 6.30. The highest BCUT2D eigenvalue weighted by Gasteiger charge is 2.14. The van der Waals surface area contributed by atoms with E-state index >= 15 is 0 Å². The van der Waals surface area contributed by atoms with Crippen LogP contribution in [-0.2, 0) is 0 Å². The number of rotatable bonds is 11. The van der Waals surface area contributed by atoms with E-state index in [2.05, 4.69) is 45.1 Å². The van der Waals surface area contributed by atoms with Crippen LogP contribution in [0.5, 0.6) is 0 Å². The fourth-order valence-corrected chi connectivity index (χ4v) is 2.92. The van der Waals surface area contributed by atoms with Gasteiger partial charge in [0.1, 0.15) is 0 Å². The summed E-state index contributed by atoms with van der Waals surface area (Å²) in [4.78, 5) is 14.7. The normalized spacial score (nSPS) is 10.7. The van der Waals surface area contributed by atoms with Gasteiger partial charge in [-0.25, -0.2) is 4.79 Å². The van der Waals surface area contributed by atoms with E-state index in [0.29, 0.717) is 0 Å². The first-order valence-electron chi connectivity index (χ1n) is 9.71. The van der Waals surface area contributed by atoms with Gasteiger partial charge < -0.3 is 10.2 Å². The van der Waals surface area contributed by atoms with Crippen molar-refractivity contribution < 1.29 is 4.79 Å². The Hall–Kier alpha value is -1.51. The number of amides is 2. The van der Waals surface area contributed by atoms with Crippen molar-refractivity contribution >= 4 is 11.7 Å². The van der Waals surface area contributed by atoms with Crippen molar-refractivity contribution in [2.45, 2.75) is 79.1 Å². The molecule has 1 aromatic carbocycles. The summed E-state index contributed by atoms with van der Waals surface area (Å²) in [6.45, 7) is 10.3. The van der Waals surface area contributed by atoms with Crippen LogP contribution in [0.2, 0.25) is 0 Å². The number of carbonyl (C=O) groups is 1. The van der Waals surface area contributed by atoms with Gasteiger partial charge in [0.2, 0.25) is 0 Å². The molecule has 0 atom stereocenters. The largest absolute Gasteiger partial charge is 0.325 e. The summed E-state index contributed by atoms with van der Waals surface area (Å²) < 4.78 is 0. The van der Waals surface area contributed by atoms with Crippen LogP contribution in [0.25, 0.3) is 0 Å². The van der Waals surface area contributed by atoms with Gasteiger partial charge in [0.15, 0.2) is 0 Å². The Morgan fingerprint density at radius 2 is 1.50 bits per heavy atom. The molecule has 3 nitrogen and oxygen atoms in total. The number of carbonyl (C=O) groups excluding carboxylic acids is 1. The first-order chi connectivity index (χ1) is 11.6. The maximum atomic E-state index is 12.7. The van der Waals surface area contributed by atoms with Gasteiger partial charge >= 0.3 is 6.03 Å². The molecule has 0 aliphatic carbocycles. The van der Waals surface area contributed by atoms with E-state index in [9.17, 15) is 4.79 Å². The molecule has 24 heavy (non-hydrogen) atoms. The van der Waals surface area contributed by atoms with E-state index in [1.54, 1.807) is 0 Å². The van der Waals surface area contributed by atoms with E-state index in [4.69, 9.17) is 0 Å². The van der Waals surface area contributed by atoms with Crippen LogP contribution in [0.1, 0.15) is 76.3 Å². The predicted molar refractivity (Wildman–Crippen MR) is 105 cm³/mol. The molecule has 0 unspecified atom stereocenters. The third-order valence-electron chi connectivity index (χ3n) is 4.47. The number of benzene rings is 1. The summed E-state index contributed by atoms with van der Waals surface area (Å²) in [6, 6.07) is 6.22. The molecule has 136 valence electrons. The zero-order chi connectivity index (χ0) is 17.8. The second-order valence-corrected chi connectivity index (χ2v) is 6.86. The monoisotopic (exact) mass is 332 g/mol. The molecule has 1 N–H and O–H groups in total. The summed E-state index contributed by atoms with van der Waals surface area (Å²) in [6.07, 6.45) is 9.57. The van der Waals surface area contributed by atoms with Gasteiger partial charge in [-0.2, -0.15) is 0 Å². The molecule has 0 heterocycles. The Morgan fingerprint density at radius 3 is 2.00 bits per heavy atom. The van der Waals surface area contributed by atoms with Crippen molar-refractivity contribution in [2.75, 3.05) is 18.4 Å². The number of urea groups is 1. The van der Waals surface area contributed by atoms with Gasteiger partial charge in [-0.1, -0.05) is 70.1 Å². The third-order valence-corrected chi connectivity index (χ3v) is 4.47. The zero-order valence-corrected chi connectivity index (χ0v) is 16.2. The van der Waals surface area contributed by atoms with Gasteiger partial charge in [0, 0.05) is 18.8 Å². The molecular weight excluding hydrogens is 296 g/mol. The standard InChI is InChI=1S/C21H36N2O/c1-5-7-9-11-15-23(16-12-10-8-6-2)21(24)22-20-14-13-18(3)17-19(20)4/h13-14,17H,5-12,15-16H2,1-4H3,(H,22,24). The van der Waals surface area contributed by atoms with E-state index in [0.717, 1.165) is 37.2 Å². The van der Waals surface area contributed by atoms with Crippen LogP contribution in [0, 0.1) is 13.8 Å². The first kappa shape index (κ1) is 20.5. The summed E-state index contributed by atoms with van der Waals surface area (Å²) in [5, 5.41) is 3.11. The van der Waals surface area contributed by atoms with Crippen molar-refractivity contribution in [1.29, 1.82) is 0 Å². The van der Waals surface area contributed by atoms with Crippen LogP contribution >= 0.6 is 0 Å². The Bertz CT molecular complexity index is 473. The average molecular weight is 333 g/mol. The van der Waals surface area contributed by atoms with Crippen molar-refractivity contribution in [3.05, 3.63) is 29.3 Å². The van der Waals surface area contributed by atoms with Crippen molar-refractivity contribution in [1.82, 2.24) is 4.90 Å². The number of aryl methyl sites for hydroxylation is 2. The van der Waals surface area contributed by atoms with Gasteiger partial charge in [-0.15, -0.1) is 0 Å². The average Bonchev–Trinajstić information content (AvgIpc) is 2.56. The molecule has 0 fully saturated rings. The second-order valence-electron chi connectivity index (χ2n) is 6.86. The van der Waals surface area contributed by atoms with Crippen LogP contribution in [0.15, 0.2) is 18.2 Å².